The number of hydrogen-bond donors (Lipinski definition) is 2. The molecule has 1 aromatic heterocycles. The zero-order chi connectivity index (χ0) is 17.9. The summed E-state index contributed by atoms with van der Waals surface area (Å²) >= 11 is 0. The van der Waals surface area contributed by atoms with Gasteiger partial charge in [0.15, 0.2) is 0 Å². The molecule has 0 bridgehead atoms. The first-order chi connectivity index (χ1) is 12.0. The summed E-state index contributed by atoms with van der Waals surface area (Å²) in [7, 11) is 0. The summed E-state index contributed by atoms with van der Waals surface area (Å²) in [6.07, 6.45) is 4.05. The third kappa shape index (κ3) is 3.99. The van der Waals surface area contributed by atoms with E-state index in [1.807, 2.05) is 24.3 Å². The molecule has 0 spiro atoms. The minimum Gasteiger partial charge on any atom is -0.487 e. The lowest BCUT2D eigenvalue weighted by molar-refractivity contribution is 0.0758. The average molecular weight is 337 g/mol. The topological polar surface area (TPSA) is 63.2 Å². The van der Waals surface area contributed by atoms with E-state index < -0.39 is 0 Å². The predicted molar refractivity (Wildman–Crippen MR) is 98.9 cm³/mol. The Labute approximate surface area is 148 Å². The predicted octanol–water partition coefficient (Wildman–Crippen LogP) is 3.71. The van der Waals surface area contributed by atoms with E-state index >= 15 is 0 Å². The second kappa shape index (κ2) is 6.97. The van der Waals surface area contributed by atoms with Gasteiger partial charge >= 0.3 is 0 Å². The summed E-state index contributed by atoms with van der Waals surface area (Å²) in [5.41, 5.74) is 1.40. The van der Waals surface area contributed by atoms with Crippen LogP contribution in [-0.2, 0) is 0 Å². The normalized spacial score (nSPS) is 17.8. The maximum atomic E-state index is 11.9. The van der Waals surface area contributed by atoms with Gasteiger partial charge in [0.25, 0.3) is 5.91 Å². The minimum atomic E-state index is -0.253. The second-order valence-electron chi connectivity index (χ2n) is 6.73. The van der Waals surface area contributed by atoms with Gasteiger partial charge in [-0.05, 0) is 32.0 Å². The summed E-state index contributed by atoms with van der Waals surface area (Å²) in [6, 6.07) is 11.7. The van der Waals surface area contributed by atoms with Crippen LogP contribution in [0, 0.1) is 0 Å². The molecule has 1 atom stereocenters. The molecule has 5 heteroatoms. The second-order valence-corrected chi connectivity index (χ2v) is 6.73. The van der Waals surface area contributed by atoms with E-state index in [4.69, 9.17) is 4.74 Å². The van der Waals surface area contributed by atoms with E-state index in [2.05, 4.69) is 42.1 Å². The fraction of sp³-hybridized carbons (Fsp3) is 0.300. The minimum absolute atomic E-state index is 0.105. The van der Waals surface area contributed by atoms with E-state index in [0.29, 0.717) is 12.1 Å². The zero-order valence-corrected chi connectivity index (χ0v) is 14.6. The van der Waals surface area contributed by atoms with Crippen LogP contribution in [0.4, 0.5) is 5.82 Å². The van der Waals surface area contributed by atoms with Crippen molar-refractivity contribution < 1.29 is 9.53 Å². The molecule has 0 radical (unpaired) electrons. The van der Waals surface area contributed by atoms with Gasteiger partial charge in [0.2, 0.25) is 0 Å². The molecule has 25 heavy (non-hydrogen) atoms. The highest BCUT2D eigenvalue weighted by atomic mass is 16.5. The van der Waals surface area contributed by atoms with Gasteiger partial charge in [-0.3, -0.25) is 4.79 Å². The monoisotopic (exact) mass is 337 g/mol. The molecule has 2 N–H and O–H groups in total. The van der Waals surface area contributed by atoms with Crippen LogP contribution in [-0.4, -0.2) is 23.0 Å². The molecule has 5 nitrogen and oxygen atoms in total. The molecule has 0 aliphatic carbocycles. The Balaban J connectivity index is 1.76. The van der Waals surface area contributed by atoms with Crippen molar-refractivity contribution in [1.82, 2.24) is 10.3 Å². The number of anilines is 1. The van der Waals surface area contributed by atoms with Gasteiger partial charge in [-0.2, -0.15) is 0 Å². The highest BCUT2D eigenvalue weighted by molar-refractivity contribution is 5.94. The van der Waals surface area contributed by atoms with Crippen molar-refractivity contribution in [3.63, 3.8) is 0 Å². The van der Waals surface area contributed by atoms with Crippen LogP contribution in [0.15, 0.2) is 55.3 Å². The number of nitrogens with zero attached hydrogens (tertiary/aromatic N) is 1. The molecule has 0 fully saturated rings. The lowest BCUT2D eigenvalue weighted by Crippen LogP contribution is -2.37. The summed E-state index contributed by atoms with van der Waals surface area (Å²) in [4.78, 5) is 16.3. The fourth-order valence-electron chi connectivity index (χ4n) is 2.99. The first kappa shape index (κ1) is 17.0. The Kier molecular flexibility index (Phi) is 4.74. The van der Waals surface area contributed by atoms with Crippen molar-refractivity contribution in [1.29, 1.82) is 0 Å². The van der Waals surface area contributed by atoms with Crippen molar-refractivity contribution in [2.75, 3.05) is 11.9 Å². The van der Waals surface area contributed by atoms with E-state index in [1.165, 1.54) is 0 Å². The number of para-hydroxylation sites is 1. The number of pyridine rings is 1. The van der Waals surface area contributed by atoms with Crippen molar-refractivity contribution >= 4 is 11.7 Å². The summed E-state index contributed by atoms with van der Waals surface area (Å²) in [6.45, 7) is 8.19. The maximum Gasteiger partial charge on any atom is 0.253 e. The van der Waals surface area contributed by atoms with E-state index in [-0.39, 0.29) is 17.6 Å². The number of amides is 1. The molecular formula is C20H23N3O2. The third-order valence-electron chi connectivity index (χ3n) is 4.13. The van der Waals surface area contributed by atoms with Crippen molar-refractivity contribution in [3.05, 3.63) is 66.4 Å². The molecule has 1 unspecified atom stereocenters. The quantitative estimate of drug-likeness (QED) is 0.817. The van der Waals surface area contributed by atoms with Crippen LogP contribution in [0.2, 0.25) is 0 Å². The Morgan fingerprint density at radius 2 is 2.16 bits per heavy atom. The van der Waals surface area contributed by atoms with Gasteiger partial charge in [0.05, 0.1) is 11.6 Å². The largest absolute Gasteiger partial charge is 0.487 e. The summed E-state index contributed by atoms with van der Waals surface area (Å²) in [5.74, 6) is 1.48. The van der Waals surface area contributed by atoms with Crippen molar-refractivity contribution in [2.45, 2.75) is 31.9 Å². The highest BCUT2D eigenvalue weighted by Crippen LogP contribution is 2.40. The van der Waals surface area contributed by atoms with Crippen LogP contribution in [0.25, 0.3) is 0 Å². The summed E-state index contributed by atoms with van der Waals surface area (Å²) in [5, 5.41) is 6.20. The number of fused-ring (bicyclic) bond motifs is 1. The van der Waals surface area contributed by atoms with Crippen LogP contribution < -0.4 is 15.4 Å². The van der Waals surface area contributed by atoms with Gasteiger partial charge < -0.3 is 15.4 Å². The number of ether oxygens (including phenoxy) is 1. The molecule has 1 aliphatic rings. The first-order valence-electron chi connectivity index (χ1n) is 8.38. The van der Waals surface area contributed by atoms with Crippen LogP contribution in [0.3, 0.4) is 0 Å². The van der Waals surface area contributed by atoms with Crippen LogP contribution in [0.5, 0.6) is 5.75 Å². The molecule has 1 amide bonds. The van der Waals surface area contributed by atoms with Crippen LogP contribution >= 0.6 is 0 Å². The molecule has 1 aliphatic heterocycles. The number of rotatable bonds is 5. The smallest absolute Gasteiger partial charge is 0.253 e. The zero-order valence-electron chi connectivity index (χ0n) is 14.6. The SMILES string of the molecule is C=CCNC(=O)c1ccc(NC2CC(C)(C)Oc3ccccc32)nc1. The number of hydrogen-bond acceptors (Lipinski definition) is 4. The molecule has 0 saturated carbocycles. The molecular weight excluding hydrogens is 314 g/mol. The average Bonchev–Trinajstić information content (AvgIpc) is 2.59. The molecule has 130 valence electrons. The Morgan fingerprint density at radius 3 is 2.88 bits per heavy atom. The van der Waals surface area contributed by atoms with E-state index in [1.54, 1.807) is 18.3 Å². The Bertz CT molecular complexity index is 769. The molecule has 2 heterocycles. The van der Waals surface area contributed by atoms with Crippen molar-refractivity contribution in [3.8, 4) is 5.75 Å². The van der Waals surface area contributed by atoms with E-state index in [0.717, 1.165) is 23.6 Å². The molecule has 3 rings (SSSR count). The van der Waals surface area contributed by atoms with Gasteiger partial charge in [-0.1, -0.05) is 24.3 Å². The van der Waals surface area contributed by atoms with E-state index in [9.17, 15) is 4.79 Å². The fourth-order valence-corrected chi connectivity index (χ4v) is 2.99. The lowest BCUT2D eigenvalue weighted by atomic mass is 9.90. The third-order valence-corrected chi connectivity index (χ3v) is 4.13. The molecule has 0 saturated heterocycles. The van der Waals surface area contributed by atoms with Gasteiger partial charge in [-0.25, -0.2) is 4.98 Å². The van der Waals surface area contributed by atoms with Crippen molar-refractivity contribution in [2.24, 2.45) is 0 Å². The standard InChI is InChI=1S/C20H23N3O2/c1-4-11-21-19(24)14-9-10-18(22-13-14)23-16-12-20(2,3)25-17-8-6-5-7-15(16)17/h4-10,13,16H,1,11-12H2,2-3H3,(H,21,24)(H,22,23). The van der Waals surface area contributed by atoms with Gasteiger partial charge in [0.1, 0.15) is 17.2 Å². The number of aromatic nitrogens is 1. The molecule has 1 aromatic carbocycles. The molecule has 2 aromatic rings. The number of carbonyl (C=O) groups excluding carboxylic acids is 1. The number of benzene rings is 1. The Morgan fingerprint density at radius 1 is 1.36 bits per heavy atom. The summed E-state index contributed by atoms with van der Waals surface area (Å²) < 4.78 is 6.05. The lowest BCUT2D eigenvalue weighted by Gasteiger charge is -2.38. The number of nitrogens with one attached hydrogen (secondary N) is 2. The van der Waals surface area contributed by atoms with Gasteiger partial charge in [-0.15, -0.1) is 6.58 Å². The van der Waals surface area contributed by atoms with Crippen LogP contribution in [0.1, 0.15) is 42.2 Å². The van der Waals surface area contributed by atoms with Gasteiger partial charge in [0, 0.05) is 24.7 Å². The number of carbonyl (C=O) groups is 1. The maximum absolute atomic E-state index is 11.9. The Hall–Kier alpha value is -2.82. The first-order valence-corrected chi connectivity index (χ1v) is 8.38. The highest BCUT2D eigenvalue weighted by Gasteiger charge is 2.33.